The summed E-state index contributed by atoms with van der Waals surface area (Å²) in [6, 6.07) is 0. The van der Waals surface area contributed by atoms with Gasteiger partial charge in [0.1, 0.15) is 11.1 Å². The van der Waals surface area contributed by atoms with E-state index in [4.69, 9.17) is 10.5 Å². The summed E-state index contributed by atoms with van der Waals surface area (Å²) in [6.45, 7) is 1.14. The quantitative estimate of drug-likeness (QED) is 0.735. The zero-order chi connectivity index (χ0) is 10.4. The molecule has 0 aliphatic heterocycles. The lowest BCUT2D eigenvalue weighted by Crippen LogP contribution is -2.04. The number of thiazole rings is 1. The highest BCUT2D eigenvalue weighted by molar-refractivity contribution is 7.09. The number of aliphatic hydroxyl groups excluding tert-OH is 1. The Bertz CT molecular complexity index is 265. The number of ether oxygens (including phenoxy) is 1. The van der Waals surface area contributed by atoms with Crippen molar-refractivity contribution in [3.63, 3.8) is 0 Å². The summed E-state index contributed by atoms with van der Waals surface area (Å²) in [5.74, 6) is 0. The van der Waals surface area contributed by atoms with Crippen LogP contribution in [-0.2, 0) is 11.2 Å². The van der Waals surface area contributed by atoms with Crippen LogP contribution in [0.25, 0.3) is 0 Å². The maximum absolute atomic E-state index is 9.67. The molecule has 0 bridgehead atoms. The van der Waals surface area contributed by atoms with Crippen molar-refractivity contribution in [2.75, 3.05) is 20.3 Å². The van der Waals surface area contributed by atoms with Gasteiger partial charge in [0.15, 0.2) is 0 Å². The van der Waals surface area contributed by atoms with Crippen molar-refractivity contribution in [2.45, 2.75) is 18.9 Å². The summed E-state index contributed by atoms with van der Waals surface area (Å²) in [4.78, 5) is 4.29. The average Bonchev–Trinajstić information content (AvgIpc) is 2.63. The lowest BCUT2D eigenvalue weighted by Gasteiger charge is -2.05. The first kappa shape index (κ1) is 11.6. The van der Waals surface area contributed by atoms with Crippen molar-refractivity contribution in [2.24, 2.45) is 5.73 Å². The molecule has 0 radical (unpaired) electrons. The number of nitrogens with zero attached hydrogens (tertiary/aromatic N) is 1. The molecule has 80 valence electrons. The van der Waals surface area contributed by atoms with E-state index in [1.54, 1.807) is 7.11 Å². The van der Waals surface area contributed by atoms with Crippen LogP contribution >= 0.6 is 11.3 Å². The van der Waals surface area contributed by atoms with E-state index in [1.165, 1.54) is 11.3 Å². The molecule has 0 spiro atoms. The van der Waals surface area contributed by atoms with Gasteiger partial charge in [0.25, 0.3) is 0 Å². The van der Waals surface area contributed by atoms with Gasteiger partial charge in [0.05, 0.1) is 5.69 Å². The van der Waals surface area contributed by atoms with Crippen molar-refractivity contribution in [3.05, 3.63) is 16.1 Å². The van der Waals surface area contributed by atoms with Crippen LogP contribution in [0, 0.1) is 0 Å². The van der Waals surface area contributed by atoms with E-state index in [2.05, 4.69) is 4.98 Å². The molecular formula is C9H16N2O2S. The summed E-state index contributed by atoms with van der Waals surface area (Å²) >= 11 is 1.48. The van der Waals surface area contributed by atoms with Gasteiger partial charge in [-0.25, -0.2) is 4.98 Å². The molecule has 0 saturated heterocycles. The number of methoxy groups -OCH3 is 1. The second-order valence-electron chi connectivity index (χ2n) is 3.01. The third-order valence-electron chi connectivity index (χ3n) is 1.85. The topological polar surface area (TPSA) is 68.4 Å². The van der Waals surface area contributed by atoms with Crippen molar-refractivity contribution < 1.29 is 9.84 Å². The molecule has 1 atom stereocenters. The molecule has 0 fully saturated rings. The smallest absolute Gasteiger partial charge is 0.122 e. The Hall–Kier alpha value is -0.490. The Morgan fingerprint density at radius 3 is 3.14 bits per heavy atom. The standard InChI is InChI=1S/C9H16N2O2S/c1-13-5-3-8(12)9-11-7(2-4-10)6-14-9/h6,8,12H,2-5,10H2,1H3. The van der Waals surface area contributed by atoms with E-state index in [1.807, 2.05) is 5.38 Å². The summed E-state index contributed by atoms with van der Waals surface area (Å²) in [5, 5.41) is 12.4. The van der Waals surface area contributed by atoms with Crippen molar-refractivity contribution in [3.8, 4) is 0 Å². The highest BCUT2D eigenvalue weighted by Crippen LogP contribution is 2.20. The molecule has 1 heterocycles. The first-order valence-electron chi connectivity index (χ1n) is 4.59. The molecule has 14 heavy (non-hydrogen) atoms. The molecule has 5 heteroatoms. The highest BCUT2D eigenvalue weighted by atomic mass is 32.1. The monoisotopic (exact) mass is 216 g/mol. The number of aliphatic hydroxyl groups is 1. The molecule has 0 aromatic carbocycles. The van der Waals surface area contributed by atoms with E-state index in [0.29, 0.717) is 19.6 Å². The van der Waals surface area contributed by atoms with Crippen LogP contribution in [0.4, 0.5) is 0 Å². The molecule has 1 rings (SSSR count). The van der Waals surface area contributed by atoms with Crippen LogP contribution < -0.4 is 5.73 Å². The van der Waals surface area contributed by atoms with Gasteiger partial charge in [-0.3, -0.25) is 0 Å². The van der Waals surface area contributed by atoms with E-state index in [9.17, 15) is 5.11 Å². The Kier molecular flexibility index (Phi) is 5.03. The fourth-order valence-electron chi connectivity index (χ4n) is 1.09. The zero-order valence-electron chi connectivity index (χ0n) is 8.27. The van der Waals surface area contributed by atoms with Crippen LogP contribution in [0.1, 0.15) is 23.2 Å². The van der Waals surface area contributed by atoms with E-state index < -0.39 is 6.10 Å². The fraction of sp³-hybridized carbons (Fsp3) is 0.667. The van der Waals surface area contributed by atoms with Gasteiger partial charge < -0.3 is 15.6 Å². The van der Waals surface area contributed by atoms with Crippen molar-refractivity contribution in [1.82, 2.24) is 4.98 Å². The first-order chi connectivity index (χ1) is 6.77. The van der Waals surface area contributed by atoms with Crippen molar-refractivity contribution >= 4 is 11.3 Å². The summed E-state index contributed by atoms with van der Waals surface area (Å²) in [6.07, 6.45) is 0.853. The molecular weight excluding hydrogens is 200 g/mol. The van der Waals surface area contributed by atoms with Crippen LogP contribution in [0.2, 0.25) is 0 Å². The van der Waals surface area contributed by atoms with Gasteiger partial charge in [-0.05, 0) is 6.54 Å². The number of hydrogen-bond acceptors (Lipinski definition) is 5. The number of nitrogens with two attached hydrogens (primary N) is 1. The Labute approximate surface area is 87.7 Å². The molecule has 1 aromatic heterocycles. The van der Waals surface area contributed by atoms with Crippen LogP contribution in [0.3, 0.4) is 0 Å². The van der Waals surface area contributed by atoms with Gasteiger partial charge in [0.2, 0.25) is 0 Å². The third-order valence-corrected chi connectivity index (χ3v) is 2.85. The highest BCUT2D eigenvalue weighted by Gasteiger charge is 2.11. The molecule has 1 unspecified atom stereocenters. The third kappa shape index (κ3) is 3.34. The normalized spacial score (nSPS) is 13.1. The van der Waals surface area contributed by atoms with Crippen LogP contribution in [0.15, 0.2) is 5.38 Å². The van der Waals surface area contributed by atoms with Gasteiger partial charge >= 0.3 is 0 Å². The SMILES string of the molecule is COCCC(O)c1nc(CCN)cs1. The summed E-state index contributed by atoms with van der Waals surface area (Å²) in [5.41, 5.74) is 6.37. The van der Waals surface area contributed by atoms with E-state index >= 15 is 0 Å². The Balaban J connectivity index is 2.48. The molecule has 0 aliphatic rings. The van der Waals surface area contributed by atoms with Gasteiger partial charge in [-0.2, -0.15) is 0 Å². The second kappa shape index (κ2) is 6.08. The van der Waals surface area contributed by atoms with Gasteiger partial charge in [0, 0.05) is 31.9 Å². The first-order valence-corrected chi connectivity index (χ1v) is 5.47. The summed E-state index contributed by atoms with van der Waals surface area (Å²) < 4.78 is 4.89. The average molecular weight is 216 g/mol. The lowest BCUT2D eigenvalue weighted by atomic mass is 10.3. The Morgan fingerprint density at radius 1 is 1.71 bits per heavy atom. The Morgan fingerprint density at radius 2 is 2.50 bits per heavy atom. The molecule has 4 nitrogen and oxygen atoms in total. The summed E-state index contributed by atoms with van der Waals surface area (Å²) in [7, 11) is 1.62. The number of aromatic nitrogens is 1. The molecule has 3 N–H and O–H groups in total. The maximum Gasteiger partial charge on any atom is 0.122 e. The van der Waals surface area contributed by atoms with Crippen LogP contribution in [-0.4, -0.2) is 30.4 Å². The molecule has 1 aromatic rings. The molecule has 0 saturated carbocycles. The van der Waals surface area contributed by atoms with Gasteiger partial charge in [-0.1, -0.05) is 0 Å². The maximum atomic E-state index is 9.67. The zero-order valence-corrected chi connectivity index (χ0v) is 9.09. The minimum atomic E-state index is -0.508. The van der Waals surface area contributed by atoms with E-state index in [0.717, 1.165) is 17.1 Å². The number of rotatable bonds is 6. The fourth-order valence-corrected chi connectivity index (χ4v) is 1.96. The van der Waals surface area contributed by atoms with Crippen molar-refractivity contribution in [1.29, 1.82) is 0 Å². The predicted molar refractivity (Wildman–Crippen MR) is 56.3 cm³/mol. The predicted octanol–water partition coefficient (Wildman–Crippen LogP) is 0.714. The largest absolute Gasteiger partial charge is 0.386 e. The lowest BCUT2D eigenvalue weighted by molar-refractivity contribution is 0.110. The minimum absolute atomic E-state index is 0.508. The second-order valence-corrected chi connectivity index (χ2v) is 3.90. The van der Waals surface area contributed by atoms with Gasteiger partial charge in [-0.15, -0.1) is 11.3 Å². The molecule has 0 amide bonds. The van der Waals surface area contributed by atoms with E-state index in [-0.39, 0.29) is 0 Å². The van der Waals surface area contributed by atoms with Crippen LogP contribution in [0.5, 0.6) is 0 Å². The number of hydrogen-bond donors (Lipinski definition) is 2. The molecule has 0 aliphatic carbocycles. The minimum Gasteiger partial charge on any atom is -0.386 e.